The molecule has 1 fully saturated rings. The summed E-state index contributed by atoms with van der Waals surface area (Å²) >= 11 is 5.84. The van der Waals surface area contributed by atoms with Crippen LogP contribution in [0.1, 0.15) is 19.3 Å². The molecule has 1 aliphatic rings. The van der Waals surface area contributed by atoms with Crippen LogP contribution in [0.15, 0.2) is 24.3 Å². The Balaban J connectivity index is 1.91. The molecule has 1 aromatic rings. The van der Waals surface area contributed by atoms with Crippen molar-refractivity contribution in [1.29, 1.82) is 0 Å². The van der Waals surface area contributed by atoms with Gasteiger partial charge >= 0.3 is 0 Å². The number of ether oxygens (including phenoxy) is 1. The Hall–Kier alpha value is -0.730. The third-order valence-corrected chi connectivity index (χ3v) is 3.18. The van der Waals surface area contributed by atoms with Gasteiger partial charge in [-0.3, -0.25) is 0 Å². The van der Waals surface area contributed by atoms with Gasteiger partial charge in [0, 0.05) is 5.02 Å². The first-order valence-electron chi connectivity index (χ1n) is 5.86. The highest BCUT2D eigenvalue weighted by Crippen LogP contribution is 2.36. The monoisotopic (exact) mass is 239 g/mol. The number of benzene rings is 1. The molecule has 3 heteroatoms. The first-order chi connectivity index (χ1) is 7.79. The highest BCUT2D eigenvalue weighted by Gasteiger charge is 2.32. The predicted molar refractivity (Wildman–Crippen MR) is 67.1 cm³/mol. The molecule has 0 bridgehead atoms. The standard InChI is InChI=1S/C13H18ClNO/c1-15-9-8-13(10-2-3-10)16-12-6-4-11(14)5-7-12/h4-7,10,13,15H,2-3,8-9H2,1H3. The van der Waals surface area contributed by atoms with Crippen LogP contribution >= 0.6 is 11.6 Å². The molecular weight excluding hydrogens is 222 g/mol. The maximum atomic E-state index is 6.00. The summed E-state index contributed by atoms with van der Waals surface area (Å²) in [6, 6.07) is 7.63. The Morgan fingerprint density at radius 1 is 1.38 bits per heavy atom. The Morgan fingerprint density at radius 2 is 2.06 bits per heavy atom. The Morgan fingerprint density at radius 3 is 2.62 bits per heavy atom. The van der Waals surface area contributed by atoms with Gasteiger partial charge in [-0.15, -0.1) is 0 Å². The lowest BCUT2D eigenvalue weighted by molar-refractivity contribution is 0.168. The largest absolute Gasteiger partial charge is 0.490 e. The Bertz CT molecular complexity index is 321. The molecule has 0 aromatic heterocycles. The van der Waals surface area contributed by atoms with Crippen molar-refractivity contribution < 1.29 is 4.74 Å². The summed E-state index contributed by atoms with van der Waals surface area (Å²) in [5.74, 6) is 1.68. The highest BCUT2D eigenvalue weighted by molar-refractivity contribution is 6.30. The van der Waals surface area contributed by atoms with E-state index in [9.17, 15) is 0 Å². The molecule has 88 valence electrons. The fourth-order valence-electron chi connectivity index (χ4n) is 1.83. The summed E-state index contributed by atoms with van der Waals surface area (Å²) in [5.41, 5.74) is 0. The van der Waals surface area contributed by atoms with E-state index in [2.05, 4.69) is 5.32 Å². The van der Waals surface area contributed by atoms with Crippen LogP contribution in [-0.2, 0) is 0 Å². The van der Waals surface area contributed by atoms with E-state index in [1.54, 1.807) is 0 Å². The van der Waals surface area contributed by atoms with Gasteiger partial charge in [-0.2, -0.15) is 0 Å². The summed E-state index contributed by atoms with van der Waals surface area (Å²) in [5, 5.41) is 3.93. The number of hydrogen-bond acceptors (Lipinski definition) is 2. The molecule has 0 heterocycles. The van der Waals surface area contributed by atoms with Crippen LogP contribution < -0.4 is 10.1 Å². The van der Waals surface area contributed by atoms with Crippen LogP contribution in [-0.4, -0.2) is 19.7 Å². The quantitative estimate of drug-likeness (QED) is 0.824. The van der Waals surface area contributed by atoms with Crippen LogP contribution in [0.5, 0.6) is 5.75 Å². The maximum Gasteiger partial charge on any atom is 0.119 e. The molecule has 0 spiro atoms. The van der Waals surface area contributed by atoms with Crippen LogP contribution in [0.3, 0.4) is 0 Å². The average Bonchev–Trinajstić information content (AvgIpc) is 3.11. The molecule has 1 atom stereocenters. The fraction of sp³-hybridized carbons (Fsp3) is 0.538. The van der Waals surface area contributed by atoms with E-state index in [1.807, 2.05) is 31.3 Å². The molecule has 0 aliphatic heterocycles. The van der Waals surface area contributed by atoms with Crippen molar-refractivity contribution in [1.82, 2.24) is 5.32 Å². The molecule has 0 amide bonds. The van der Waals surface area contributed by atoms with Crippen molar-refractivity contribution in [2.24, 2.45) is 5.92 Å². The average molecular weight is 240 g/mol. The van der Waals surface area contributed by atoms with E-state index in [0.717, 1.165) is 29.7 Å². The lowest BCUT2D eigenvalue weighted by Crippen LogP contribution is -2.24. The van der Waals surface area contributed by atoms with Crippen LogP contribution in [0, 0.1) is 5.92 Å². The molecule has 2 nitrogen and oxygen atoms in total. The second-order valence-electron chi connectivity index (χ2n) is 4.34. The summed E-state index contributed by atoms with van der Waals surface area (Å²) in [6.07, 6.45) is 4.04. The molecule has 1 aliphatic carbocycles. The summed E-state index contributed by atoms with van der Waals surface area (Å²) < 4.78 is 6.00. The topological polar surface area (TPSA) is 21.3 Å². The van der Waals surface area contributed by atoms with Gasteiger partial charge < -0.3 is 10.1 Å². The molecule has 16 heavy (non-hydrogen) atoms. The van der Waals surface area contributed by atoms with E-state index < -0.39 is 0 Å². The van der Waals surface area contributed by atoms with Crippen molar-refractivity contribution in [3.8, 4) is 5.75 Å². The first kappa shape index (κ1) is 11.7. The third-order valence-electron chi connectivity index (χ3n) is 2.93. The zero-order chi connectivity index (χ0) is 11.4. The molecule has 1 unspecified atom stereocenters. The molecular formula is C13H18ClNO. The van der Waals surface area contributed by atoms with Crippen molar-refractivity contribution in [3.05, 3.63) is 29.3 Å². The normalized spacial score (nSPS) is 17.1. The number of rotatable bonds is 6. The van der Waals surface area contributed by atoms with Crippen molar-refractivity contribution in [2.75, 3.05) is 13.6 Å². The molecule has 1 N–H and O–H groups in total. The Labute approximate surface area is 102 Å². The highest BCUT2D eigenvalue weighted by atomic mass is 35.5. The fourth-order valence-corrected chi connectivity index (χ4v) is 1.96. The van der Waals surface area contributed by atoms with E-state index in [1.165, 1.54) is 12.8 Å². The van der Waals surface area contributed by atoms with Crippen molar-refractivity contribution >= 4 is 11.6 Å². The maximum absolute atomic E-state index is 6.00. The minimum Gasteiger partial charge on any atom is -0.490 e. The zero-order valence-corrected chi connectivity index (χ0v) is 10.3. The molecule has 1 saturated carbocycles. The van der Waals surface area contributed by atoms with E-state index in [0.29, 0.717) is 6.10 Å². The van der Waals surface area contributed by atoms with Gasteiger partial charge in [0.2, 0.25) is 0 Å². The smallest absolute Gasteiger partial charge is 0.119 e. The van der Waals surface area contributed by atoms with Gasteiger partial charge in [0.25, 0.3) is 0 Å². The van der Waals surface area contributed by atoms with Gasteiger partial charge in [0.15, 0.2) is 0 Å². The molecule has 2 rings (SSSR count). The van der Waals surface area contributed by atoms with Crippen molar-refractivity contribution in [2.45, 2.75) is 25.4 Å². The van der Waals surface area contributed by atoms with Gasteiger partial charge in [-0.05, 0) is 63.0 Å². The predicted octanol–water partition coefficient (Wildman–Crippen LogP) is 3.11. The summed E-state index contributed by atoms with van der Waals surface area (Å²) in [4.78, 5) is 0. The zero-order valence-electron chi connectivity index (χ0n) is 9.58. The lowest BCUT2D eigenvalue weighted by Gasteiger charge is -2.18. The first-order valence-corrected chi connectivity index (χ1v) is 6.24. The molecule has 0 saturated heterocycles. The van der Waals surface area contributed by atoms with Crippen molar-refractivity contribution in [3.63, 3.8) is 0 Å². The van der Waals surface area contributed by atoms with Crippen LogP contribution in [0.2, 0.25) is 5.02 Å². The van der Waals surface area contributed by atoms with Gasteiger partial charge in [0.05, 0.1) is 0 Å². The van der Waals surface area contributed by atoms with Crippen LogP contribution in [0.4, 0.5) is 0 Å². The minimum absolute atomic E-state index is 0.355. The summed E-state index contributed by atoms with van der Waals surface area (Å²) in [6.45, 7) is 1.01. The SMILES string of the molecule is CNCCC(Oc1ccc(Cl)cc1)C1CC1. The van der Waals surface area contributed by atoms with E-state index in [4.69, 9.17) is 16.3 Å². The second kappa shape index (κ2) is 5.55. The number of halogens is 1. The third kappa shape index (κ3) is 3.39. The van der Waals surface area contributed by atoms with Crippen LogP contribution in [0.25, 0.3) is 0 Å². The number of nitrogens with one attached hydrogen (secondary N) is 1. The number of hydrogen-bond donors (Lipinski definition) is 1. The van der Waals surface area contributed by atoms with Gasteiger partial charge in [-0.1, -0.05) is 11.6 Å². The molecule has 0 radical (unpaired) electrons. The summed E-state index contributed by atoms with van der Waals surface area (Å²) in [7, 11) is 1.98. The second-order valence-corrected chi connectivity index (χ2v) is 4.78. The lowest BCUT2D eigenvalue weighted by atomic mass is 10.1. The van der Waals surface area contributed by atoms with E-state index in [-0.39, 0.29) is 0 Å². The Kier molecular flexibility index (Phi) is 4.08. The van der Waals surface area contributed by atoms with Gasteiger partial charge in [0.1, 0.15) is 11.9 Å². The minimum atomic E-state index is 0.355. The van der Waals surface area contributed by atoms with Gasteiger partial charge in [-0.25, -0.2) is 0 Å². The molecule has 1 aromatic carbocycles. The van der Waals surface area contributed by atoms with E-state index >= 15 is 0 Å².